The number of hydrogen-bond acceptors (Lipinski definition) is 5. The van der Waals surface area contributed by atoms with E-state index in [-0.39, 0.29) is 0 Å². The van der Waals surface area contributed by atoms with E-state index in [4.69, 9.17) is 0 Å². The van der Waals surface area contributed by atoms with Crippen LogP contribution in [0, 0.1) is 5.92 Å². The Kier molecular flexibility index (Phi) is 3.84. The van der Waals surface area contributed by atoms with Gasteiger partial charge in [-0.1, -0.05) is 5.21 Å². The molecule has 0 aliphatic carbocycles. The summed E-state index contributed by atoms with van der Waals surface area (Å²) in [6, 6.07) is 0.521. The van der Waals surface area contributed by atoms with Gasteiger partial charge in [-0.3, -0.25) is 0 Å². The molecule has 0 bridgehead atoms. The van der Waals surface area contributed by atoms with Crippen LogP contribution in [0.3, 0.4) is 0 Å². The Hall–Kier alpha value is -1.01. The van der Waals surface area contributed by atoms with Crippen molar-refractivity contribution in [3.05, 3.63) is 5.82 Å². The average Bonchev–Trinajstić information content (AvgIpc) is 2.80. The topological polar surface area (TPSA) is 69.7 Å². The number of nitrogens with one attached hydrogen (secondary N) is 2. The van der Waals surface area contributed by atoms with Crippen molar-refractivity contribution < 1.29 is 0 Å². The van der Waals surface area contributed by atoms with Crippen LogP contribution in [0.1, 0.15) is 25.6 Å². The van der Waals surface area contributed by atoms with Crippen molar-refractivity contribution >= 4 is 0 Å². The van der Waals surface area contributed by atoms with Crippen molar-refractivity contribution in [1.29, 1.82) is 0 Å². The van der Waals surface area contributed by atoms with Gasteiger partial charge in [-0.15, -0.1) is 10.2 Å². The van der Waals surface area contributed by atoms with Crippen molar-refractivity contribution in [3.63, 3.8) is 0 Å². The third-order valence-electron chi connectivity index (χ3n) is 3.44. The molecule has 16 heavy (non-hydrogen) atoms. The summed E-state index contributed by atoms with van der Waals surface area (Å²) < 4.78 is 0. The second-order valence-electron chi connectivity index (χ2n) is 4.64. The fourth-order valence-electron chi connectivity index (χ4n) is 2.20. The van der Waals surface area contributed by atoms with Crippen LogP contribution in [0.25, 0.3) is 0 Å². The maximum atomic E-state index is 3.93. The standard InChI is InChI=1S/C10H20N6/c1-8(9-3-5-16(2)6-4-9)11-7-10-12-14-15-13-10/h8-9,11H,3-7H2,1-2H3,(H,12,13,14,15). The number of H-pyrrole nitrogens is 1. The van der Waals surface area contributed by atoms with Crippen LogP contribution in [0.4, 0.5) is 0 Å². The smallest absolute Gasteiger partial charge is 0.188 e. The van der Waals surface area contributed by atoms with Gasteiger partial charge in [0.2, 0.25) is 0 Å². The zero-order valence-corrected chi connectivity index (χ0v) is 9.98. The second kappa shape index (κ2) is 5.36. The first kappa shape index (κ1) is 11.5. The van der Waals surface area contributed by atoms with E-state index in [9.17, 15) is 0 Å². The molecule has 1 fully saturated rings. The zero-order valence-electron chi connectivity index (χ0n) is 9.98. The summed E-state index contributed by atoms with van der Waals surface area (Å²) >= 11 is 0. The van der Waals surface area contributed by atoms with E-state index in [0.717, 1.165) is 11.7 Å². The minimum absolute atomic E-state index is 0.521. The lowest BCUT2D eigenvalue weighted by Gasteiger charge is -2.32. The molecule has 0 saturated carbocycles. The summed E-state index contributed by atoms with van der Waals surface area (Å²) in [5, 5.41) is 17.3. The first-order chi connectivity index (χ1) is 7.75. The van der Waals surface area contributed by atoms with E-state index in [0.29, 0.717) is 12.6 Å². The van der Waals surface area contributed by atoms with E-state index in [2.05, 4.69) is 44.8 Å². The lowest BCUT2D eigenvalue weighted by molar-refractivity contribution is 0.189. The van der Waals surface area contributed by atoms with Gasteiger partial charge in [0.25, 0.3) is 0 Å². The van der Waals surface area contributed by atoms with Gasteiger partial charge in [0.15, 0.2) is 5.82 Å². The Labute approximate surface area is 95.8 Å². The highest BCUT2D eigenvalue weighted by Crippen LogP contribution is 2.19. The molecule has 0 spiro atoms. The van der Waals surface area contributed by atoms with Crippen molar-refractivity contribution in [2.24, 2.45) is 5.92 Å². The average molecular weight is 224 g/mol. The fourth-order valence-corrected chi connectivity index (χ4v) is 2.20. The monoisotopic (exact) mass is 224 g/mol. The Morgan fingerprint density at radius 1 is 1.50 bits per heavy atom. The van der Waals surface area contributed by atoms with Gasteiger partial charge in [-0.2, -0.15) is 5.21 Å². The van der Waals surface area contributed by atoms with Crippen LogP contribution in [-0.4, -0.2) is 51.7 Å². The lowest BCUT2D eigenvalue weighted by Crippen LogP contribution is -2.40. The van der Waals surface area contributed by atoms with E-state index in [1.54, 1.807) is 0 Å². The highest BCUT2D eigenvalue weighted by atomic mass is 15.5. The number of hydrogen-bond donors (Lipinski definition) is 2. The normalized spacial score (nSPS) is 21.1. The minimum Gasteiger partial charge on any atom is -0.307 e. The highest BCUT2D eigenvalue weighted by molar-refractivity contribution is 4.81. The van der Waals surface area contributed by atoms with Gasteiger partial charge in [0.1, 0.15) is 0 Å². The van der Waals surface area contributed by atoms with Gasteiger partial charge in [-0.25, -0.2) is 0 Å². The Morgan fingerprint density at radius 3 is 2.88 bits per heavy atom. The minimum atomic E-state index is 0.521. The van der Waals surface area contributed by atoms with Crippen LogP contribution in [0.2, 0.25) is 0 Å². The first-order valence-corrected chi connectivity index (χ1v) is 5.90. The quantitative estimate of drug-likeness (QED) is 0.754. The molecule has 2 rings (SSSR count). The van der Waals surface area contributed by atoms with Crippen LogP contribution < -0.4 is 5.32 Å². The number of likely N-dealkylation sites (tertiary alicyclic amines) is 1. The van der Waals surface area contributed by atoms with Crippen LogP contribution in [0.15, 0.2) is 0 Å². The molecule has 2 heterocycles. The maximum Gasteiger partial charge on any atom is 0.188 e. The summed E-state index contributed by atoms with van der Waals surface area (Å²) in [5.41, 5.74) is 0. The largest absolute Gasteiger partial charge is 0.307 e. The summed E-state index contributed by atoms with van der Waals surface area (Å²) in [6.07, 6.45) is 2.55. The molecule has 2 N–H and O–H groups in total. The molecule has 0 radical (unpaired) electrons. The summed E-state index contributed by atoms with van der Waals surface area (Å²) in [7, 11) is 2.19. The van der Waals surface area contributed by atoms with Gasteiger partial charge < -0.3 is 10.2 Å². The molecule has 6 nitrogen and oxygen atoms in total. The van der Waals surface area contributed by atoms with E-state index < -0.39 is 0 Å². The lowest BCUT2D eigenvalue weighted by atomic mass is 9.90. The molecule has 90 valence electrons. The van der Waals surface area contributed by atoms with Crippen LogP contribution in [0.5, 0.6) is 0 Å². The molecule has 1 aliphatic rings. The first-order valence-electron chi connectivity index (χ1n) is 5.90. The molecular weight excluding hydrogens is 204 g/mol. The van der Waals surface area contributed by atoms with Crippen molar-refractivity contribution in [1.82, 2.24) is 30.8 Å². The number of aromatic amines is 1. The summed E-state index contributed by atoms with van der Waals surface area (Å²) in [4.78, 5) is 2.39. The highest BCUT2D eigenvalue weighted by Gasteiger charge is 2.21. The van der Waals surface area contributed by atoms with E-state index in [1.165, 1.54) is 25.9 Å². The van der Waals surface area contributed by atoms with E-state index >= 15 is 0 Å². The maximum absolute atomic E-state index is 3.93. The molecule has 1 saturated heterocycles. The second-order valence-corrected chi connectivity index (χ2v) is 4.64. The number of nitrogens with zero attached hydrogens (tertiary/aromatic N) is 4. The number of rotatable bonds is 4. The van der Waals surface area contributed by atoms with Crippen LogP contribution >= 0.6 is 0 Å². The molecule has 1 atom stereocenters. The van der Waals surface area contributed by atoms with Crippen molar-refractivity contribution in [2.45, 2.75) is 32.4 Å². The van der Waals surface area contributed by atoms with Crippen molar-refractivity contribution in [2.75, 3.05) is 20.1 Å². The zero-order chi connectivity index (χ0) is 11.4. The van der Waals surface area contributed by atoms with Gasteiger partial charge in [-0.05, 0) is 45.8 Å². The Morgan fingerprint density at radius 2 is 2.25 bits per heavy atom. The molecule has 1 unspecified atom stereocenters. The predicted molar refractivity (Wildman–Crippen MR) is 60.7 cm³/mol. The number of piperidine rings is 1. The summed E-state index contributed by atoms with van der Waals surface area (Å²) in [5.74, 6) is 1.50. The summed E-state index contributed by atoms with van der Waals surface area (Å²) in [6.45, 7) is 5.36. The molecule has 1 aromatic heterocycles. The Bertz CT molecular complexity index is 290. The predicted octanol–water partition coefficient (Wildman–Crippen LogP) is 0.0196. The Balaban J connectivity index is 1.73. The molecule has 6 heteroatoms. The molecule has 0 aromatic carbocycles. The molecular formula is C10H20N6. The van der Waals surface area contributed by atoms with Crippen molar-refractivity contribution in [3.8, 4) is 0 Å². The molecule has 1 aromatic rings. The van der Waals surface area contributed by atoms with Gasteiger partial charge >= 0.3 is 0 Å². The number of tetrazole rings is 1. The third kappa shape index (κ3) is 2.99. The van der Waals surface area contributed by atoms with E-state index in [1.807, 2.05) is 0 Å². The SMILES string of the molecule is CC(NCc1nn[nH]n1)C1CCN(C)CC1. The van der Waals surface area contributed by atoms with Gasteiger partial charge in [0.05, 0.1) is 6.54 Å². The third-order valence-corrected chi connectivity index (χ3v) is 3.44. The van der Waals surface area contributed by atoms with Gasteiger partial charge in [0, 0.05) is 6.04 Å². The van der Waals surface area contributed by atoms with Crippen LogP contribution in [-0.2, 0) is 6.54 Å². The number of aromatic nitrogens is 4. The molecule has 1 aliphatic heterocycles. The fraction of sp³-hybridized carbons (Fsp3) is 0.900. The molecule has 0 amide bonds.